The van der Waals surface area contributed by atoms with Crippen LogP contribution in [0.2, 0.25) is 0 Å². The lowest BCUT2D eigenvalue weighted by atomic mass is 10.3. The second kappa shape index (κ2) is 13.8. The predicted octanol–water partition coefficient (Wildman–Crippen LogP) is 5.62. The molecule has 30 heavy (non-hydrogen) atoms. The van der Waals surface area contributed by atoms with E-state index in [0.717, 1.165) is 65.2 Å². The van der Waals surface area contributed by atoms with Crippen LogP contribution in [-0.2, 0) is 9.47 Å². The van der Waals surface area contributed by atoms with E-state index in [2.05, 4.69) is 82.5 Å². The summed E-state index contributed by atoms with van der Waals surface area (Å²) in [4.78, 5) is 0. The van der Waals surface area contributed by atoms with Gasteiger partial charge in [-0.1, -0.05) is 0 Å². The topological polar surface area (TPSA) is 24.9 Å². The van der Waals surface area contributed by atoms with Crippen LogP contribution in [0.1, 0.15) is 25.7 Å². The van der Waals surface area contributed by atoms with E-state index in [-0.39, 0.29) is 0 Å². The van der Waals surface area contributed by atoms with Gasteiger partial charge in [-0.15, -0.1) is 0 Å². The van der Waals surface area contributed by atoms with Crippen LogP contribution in [0.25, 0.3) is 0 Å². The van der Waals surface area contributed by atoms with Crippen LogP contribution in [0, 0.1) is 0 Å². The lowest BCUT2D eigenvalue weighted by Gasteiger charge is -2.51. The minimum Gasteiger partial charge on any atom is -0.381 e. The summed E-state index contributed by atoms with van der Waals surface area (Å²) in [6.07, 6.45) is 33.3. The molecule has 0 aliphatic heterocycles. The summed E-state index contributed by atoms with van der Waals surface area (Å²) < 4.78 is 17.2. The molecule has 190 valence electrons. The second-order valence-electron chi connectivity index (χ2n) is 10.8. The van der Waals surface area contributed by atoms with Gasteiger partial charge in [-0.2, -0.15) is 40.9 Å². The number of rotatable bonds is 17. The van der Waals surface area contributed by atoms with Crippen molar-refractivity contribution in [1.29, 1.82) is 0 Å². The molecule has 0 spiro atoms. The van der Waals surface area contributed by atoms with Crippen molar-refractivity contribution in [2.24, 2.45) is 0 Å². The molecule has 0 heterocycles. The summed E-state index contributed by atoms with van der Waals surface area (Å²) in [5.74, 6) is 0. The van der Waals surface area contributed by atoms with Gasteiger partial charge in [-0.3, -0.25) is 0 Å². The van der Waals surface area contributed by atoms with E-state index in [1.165, 1.54) is 0 Å². The van der Waals surface area contributed by atoms with Gasteiger partial charge in [0.25, 0.3) is 0 Å². The zero-order chi connectivity index (χ0) is 23.6. The maximum absolute atomic E-state index is 5.88. The normalized spacial score (nSPS) is 16.3. The Labute approximate surface area is 197 Å². The Hall–Kier alpha value is 1.24. The van der Waals surface area contributed by atoms with Crippen LogP contribution in [0.4, 0.5) is 0 Å². The molecule has 0 fully saturated rings. The van der Waals surface area contributed by atoms with Gasteiger partial charge < -0.3 is 9.47 Å². The van der Waals surface area contributed by atoms with Crippen molar-refractivity contribution in [2.75, 3.05) is 115 Å². The van der Waals surface area contributed by atoms with Crippen LogP contribution < -0.4 is 0 Å². The molecule has 0 amide bonds. The molecular formula is C22H56N2O2S4. The number of unbranched alkanes of at least 4 members (excludes halogenated alkanes) is 1. The minimum absolute atomic E-state index is 0.659. The summed E-state index contributed by atoms with van der Waals surface area (Å²) in [6, 6.07) is 0. The van der Waals surface area contributed by atoms with Crippen molar-refractivity contribution in [3.8, 4) is 0 Å². The van der Waals surface area contributed by atoms with Gasteiger partial charge >= 0.3 is 0 Å². The predicted molar refractivity (Wildman–Crippen MR) is 155 cm³/mol. The fourth-order valence-corrected chi connectivity index (χ4v) is 17.1. The van der Waals surface area contributed by atoms with Gasteiger partial charge in [0.15, 0.2) is 0 Å². The molecule has 0 aromatic carbocycles. The van der Waals surface area contributed by atoms with Gasteiger partial charge in [-0.25, -0.2) is 7.42 Å². The quantitative estimate of drug-likeness (QED) is 0.238. The molecule has 0 aromatic rings. The van der Waals surface area contributed by atoms with Crippen LogP contribution >= 0.6 is 40.9 Å². The molecule has 0 aliphatic rings. The summed E-state index contributed by atoms with van der Waals surface area (Å²) >= 11 is 0. The maximum atomic E-state index is 5.88. The van der Waals surface area contributed by atoms with Crippen LogP contribution in [0.5, 0.6) is 0 Å². The van der Waals surface area contributed by atoms with E-state index in [1.54, 1.807) is 0 Å². The van der Waals surface area contributed by atoms with Crippen molar-refractivity contribution in [2.45, 2.75) is 25.7 Å². The average Bonchev–Trinajstić information content (AvgIpc) is 2.50. The molecule has 0 unspecified atom stereocenters. The lowest BCUT2D eigenvalue weighted by molar-refractivity contribution is 0.0999. The average molecular weight is 509 g/mol. The van der Waals surface area contributed by atoms with Gasteiger partial charge in [0, 0.05) is 39.5 Å². The first-order valence-corrected chi connectivity index (χ1v) is 22.2. The van der Waals surface area contributed by atoms with Gasteiger partial charge in [0.1, 0.15) is 0 Å². The Morgan fingerprint density at radius 2 is 0.633 bits per heavy atom. The van der Waals surface area contributed by atoms with E-state index in [4.69, 9.17) is 9.47 Å². The van der Waals surface area contributed by atoms with E-state index in [0.29, 0.717) is 0 Å². The van der Waals surface area contributed by atoms with Gasteiger partial charge in [-0.05, 0) is 101 Å². The molecule has 8 heteroatoms. The van der Waals surface area contributed by atoms with Gasteiger partial charge in [0.2, 0.25) is 0 Å². The summed E-state index contributed by atoms with van der Waals surface area (Å²) in [6.45, 7) is 5.80. The largest absolute Gasteiger partial charge is 0.381 e. The smallest absolute Gasteiger partial charge is 0.0478 e. The molecule has 0 bridgehead atoms. The number of hydrogen-bond acceptors (Lipinski definition) is 4. The fourth-order valence-electron chi connectivity index (χ4n) is 3.64. The van der Waals surface area contributed by atoms with E-state index in [9.17, 15) is 0 Å². The zero-order valence-corrected chi connectivity index (χ0v) is 25.7. The number of ether oxygens (including phenoxy) is 2. The molecule has 0 aromatic heterocycles. The molecule has 0 N–H and O–H groups in total. The highest BCUT2D eigenvalue weighted by Gasteiger charge is 2.25. The summed E-state index contributed by atoms with van der Waals surface area (Å²) in [5.41, 5.74) is 0. The summed E-state index contributed by atoms with van der Waals surface area (Å²) in [5, 5.41) is 0. The Balaban J connectivity index is 3.78. The third kappa shape index (κ3) is 14.4. The third-order valence-electron chi connectivity index (χ3n) is 4.53. The number of nitrogens with zero attached hydrogens (tertiary/aromatic N) is 2. The van der Waals surface area contributed by atoms with Crippen LogP contribution in [0.3, 0.4) is 0 Å². The molecule has 0 radical (unpaired) electrons. The van der Waals surface area contributed by atoms with Crippen LogP contribution in [-0.4, -0.2) is 122 Å². The maximum Gasteiger partial charge on any atom is 0.0478 e. The molecule has 0 atom stereocenters. The highest BCUT2D eigenvalue weighted by atomic mass is 32.3. The number of hydrogen-bond donors (Lipinski definition) is 0. The Bertz CT molecular complexity index is 382. The molecule has 0 saturated carbocycles. The van der Waals surface area contributed by atoms with Gasteiger partial charge in [0.05, 0.1) is 0 Å². The minimum atomic E-state index is -0.659. The van der Waals surface area contributed by atoms with Crippen LogP contribution in [0.15, 0.2) is 0 Å². The second-order valence-corrected chi connectivity index (χ2v) is 27.2. The Kier molecular flexibility index (Phi) is 14.4. The van der Waals surface area contributed by atoms with E-state index in [1.807, 2.05) is 0 Å². The van der Waals surface area contributed by atoms with Crippen molar-refractivity contribution in [3.05, 3.63) is 0 Å². The highest BCUT2D eigenvalue weighted by molar-refractivity contribution is 8.44. The zero-order valence-electron chi connectivity index (χ0n) is 22.4. The molecular weight excluding hydrogens is 453 g/mol. The first kappa shape index (κ1) is 31.2. The standard InChI is InChI=1S/C22H56N2O2S4/c1-27(2,3)23(28(4,5)6)17-15-21-25-19-13-14-20-26-22-16-18-24(29(7,8)9)30(10,11)12/h13-22H2,1-12H3. The monoisotopic (exact) mass is 508 g/mol. The van der Waals surface area contributed by atoms with Crippen molar-refractivity contribution >= 4 is 40.9 Å². The first-order valence-electron chi connectivity index (χ1n) is 10.9. The van der Waals surface area contributed by atoms with E-state index >= 15 is 0 Å². The molecule has 0 saturated heterocycles. The van der Waals surface area contributed by atoms with Crippen molar-refractivity contribution in [3.63, 3.8) is 0 Å². The molecule has 0 rings (SSSR count). The SMILES string of the molecule is CS(C)(C)N(CCCOCCCCOCCCN(S(C)(C)C)S(C)(C)C)S(C)(C)C. The molecule has 4 nitrogen and oxygen atoms in total. The Morgan fingerprint density at radius 3 is 0.867 bits per heavy atom. The molecule has 0 aliphatic carbocycles. The first-order chi connectivity index (χ1) is 13.5. The summed E-state index contributed by atoms with van der Waals surface area (Å²) in [7, 11) is -2.64. The van der Waals surface area contributed by atoms with E-state index < -0.39 is 40.9 Å². The lowest BCUT2D eigenvalue weighted by Crippen LogP contribution is -2.30. The Morgan fingerprint density at radius 1 is 0.400 bits per heavy atom. The highest BCUT2D eigenvalue weighted by Crippen LogP contribution is 2.57. The third-order valence-corrected chi connectivity index (χ3v) is 15.5. The van der Waals surface area contributed by atoms with Crippen molar-refractivity contribution in [1.82, 2.24) is 7.42 Å². The van der Waals surface area contributed by atoms with Crippen molar-refractivity contribution < 1.29 is 9.47 Å². The fraction of sp³-hybridized carbons (Fsp3) is 1.00.